The number of benzene rings is 1. The predicted molar refractivity (Wildman–Crippen MR) is 71.5 cm³/mol. The lowest BCUT2D eigenvalue weighted by Crippen LogP contribution is -2.07. The molecule has 1 aromatic rings. The molecular weight excluding hydrogens is 287 g/mol. The van der Waals surface area contributed by atoms with Crippen molar-refractivity contribution in [3.63, 3.8) is 0 Å². The van der Waals surface area contributed by atoms with Gasteiger partial charge in [-0.05, 0) is 59.0 Å². The van der Waals surface area contributed by atoms with Crippen LogP contribution in [0.15, 0.2) is 0 Å². The molecule has 0 saturated heterocycles. The van der Waals surface area contributed by atoms with Crippen LogP contribution in [0.3, 0.4) is 0 Å². The van der Waals surface area contributed by atoms with E-state index in [9.17, 15) is 0 Å². The summed E-state index contributed by atoms with van der Waals surface area (Å²) in [7, 11) is 0. The minimum absolute atomic E-state index is 0.867. The smallest absolute Gasteiger partial charge is 0.0407 e. The molecule has 0 aliphatic rings. The highest BCUT2D eigenvalue weighted by molar-refractivity contribution is 14.1. The first kappa shape index (κ1) is 11.6. The van der Waals surface area contributed by atoms with Gasteiger partial charge in [0, 0.05) is 14.9 Å². The third kappa shape index (κ3) is 1.69. The topological polar surface area (TPSA) is 52.0 Å². The lowest BCUT2D eigenvalue weighted by atomic mass is 9.98. The van der Waals surface area contributed by atoms with Crippen molar-refractivity contribution in [3.8, 4) is 0 Å². The highest BCUT2D eigenvalue weighted by Gasteiger charge is 2.14. The first-order chi connectivity index (χ1) is 6.54. The number of rotatable bonds is 2. The minimum Gasteiger partial charge on any atom is -0.398 e. The molecule has 78 valence electrons. The van der Waals surface area contributed by atoms with Crippen LogP contribution < -0.4 is 11.5 Å². The van der Waals surface area contributed by atoms with Crippen molar-refractivity contribution < 1.29 is 0 Å². The summed E-state index contributed by atoms with van der Waals surface area (Å²) >= 11 is 2.35. The summed E-state index contributed by atoms with van der Waals surface area (Å²) in [5.74, 6) is 0. The third-order valence-corrected chi connectivity index (χ3v) is 4.00. The Morgan fingerprint density at radius 1 is 1.00 bits per heavy atom. The van der Waals surface area contributed by atoms with Gasteiger partial charge >= 0.3 is 0 Å². The van der Waals surface area contributed by atoms with Crippen molar-refractivity contribution in [1.82, 2.24) is 0 Å². The fraction of sp³-hybridized carbons (Fsp3) is 0.455. The molecule has 0 amide bonds. The van der Waals surface area contributed by atoms with E-state index in [1.54, 1.807) is 0 Å². The second-order valence-corrected chi connectivity index (χ2v) is 4.51. The summed E-state index contributed by atoms with van der Waals surface area (Å²) < 4.78 is 1.24. The zero-order chi connectivity index (χ0) is 10.9. The van der Waals surface area contributed by atoms with Crippen LogP contribution in [0.25, 0.3) is 0 Å². The summed E-state index contributed by atoms with van der Waals surface area (Å²) in [5, 5.41) is 0. The van der Waals surface area contributed by atoms with Gasteiger partial charge in [0.2, 0.25) is 0 Å². The van der Waals surface area contributed by atoms with E-state index in [2.05, 4.69) is 36.4 Å². The third-order valence-electron chi connectivity index (χ3n) is 2.70. The van der Waals surface area contributed by atoms with Gasteiger partial charge in [0.15, 0.2) is 0 Å². The Balaban J connectivity index is 3.56. The molecule has 0 fully saturated rings. The lowest BCUT2D eigenvalue weighted by molar-refractivity contribution is 1.06. The maximum absolute atomic E-state index is 6.03. The SMILES string of the molecule is CCc1c(N)c(C)c(N)c(CC)c1I. The summed E-state index contributed by atoms with van der Waals surface area (Å²) in [6.07, 6.45) is 1.94. The zero-order valence-corrected chi connectivity index (χ0v) is 11.1. The van der Waals surface area contributed by atoms with E-state index >= 15 is 0 Å². The molecule has 0 heterocycles. The van der Waals surface area contributed by atoms with Gasteiger partial charge in [0.05, 0.1) is 0 Å². The van der Waals surface area contributed by atoms with Crippen molar-refractivity contribution in [3.05, 3.63) is 20.3 Å². The molecule has 0 saturated carbocycles. The molecule has 3 heteroatoms. The zero-order valence-electron chi connectivity index (χ0n) is 8.95. The number of nitrogen functional groups attached to an aromatic ring is 2. The Hall–Kier alpha value is -0.450. The van der Waals surface area contributed by atoms with Gasteiger partial charge in [-0.15, -0.1) is 0 Å². The van der Waals surface area contributed by atoms with Gasteiger partial charge in [-0.3, -0.25) is 0 Å². The molecule has 2 nitrogen and oxygen atoms in total. The Morgan fingerprint density at radius 3 is 1.64 bits per heavy atom. The van der Waals surface area contributed by atoms with Crippen LogP contribution in [-0.2, 0) is 12.8 Å². The Bertz CT molecular complexity index is 328. The Morgan fingerprint density at radius 2 is 1.36 bits per heavy atom. The Labute approximate surface area is 99.2 Å². The van der Waals surface area contributed by atoms with E-state index in [1.807, 2.05) is 6.92 Å². The summed E-state index contributed by atoms with van der Waals surface area (Å²) in [6.45, 7) is 6.25. The van der Waals surface area contributed by atoms with Crippen LogP contribution in [0.2, 0.25) is 0 Å². The van der Waals surface area contributed by atoms with Crippen LogP contribution in [0.5, 0.6) is 0 Å². The largest absolute Gasteiger partial charge is 0.398 e. The number of hydrogen-bond donors (Lipinski definition) is 2. The summed E-state index contributed by atoms with van der Waals surface area (Å²) in [6, 6.07) is 0. The van der Waals surface area contributed by atoms with Crippen molar-refractivity contribution in [2.45, 2.75) is 33.6 Å². The normalized spacial score (nSPS) is 10.6. The number of anilines is 2. The second-order valence-electron chi connectivity index (χ2n) is 3.43. The highest BCUT2D eigenvalue weighted by atomic mass is 127. The van der Waals surface area contributed by atoms with E-state index in [4.69, 9.17) is 11.5 Å². The summed E-state index contributed by atoms with van der Waals surface area (Å²) in [4.78, 5) is 0. The van der Waals surface area contributed by atoms with E-state index in [0.717, 1.165) is 29.8 Å². The van der Waals surface area contributed by atoms with Gasteiger partial charge < -0.3 is 11.5 Å². The van der Waals surface area contributed by atoms with Gasteiger partial charge in [0.1, 0.15) is 0 Å². The quantitative estimate of drug-likeness (QED) is 0.652. The van der Waals surface area contributed by atoms with Crippen molar-refractivity contribution in [1.29, 1.82) is 0 Å². The average Bonchev–Trinajstić information content (AvgIpc) is 2.16. The molecule has 0 radical (unpaired) electrons. The molecule has 0 atom stereocenters. The fourth-order valence-electron chi connectivity index (χ4n) is 1.71. The monoisotopic (exact) mass is 304 g/mol. The van der Waals surface area contributed by atoms with E-state index in [-0.39, 0.29) is 0 Å². The predicted octanol–water partition coefficient (Wildman–Crippen LogP) is 2.89. The van der Waals surface area contributed by atoms with E-state index in [0.29, 0.717) is 0 Å². The van der Waals surface area contributed by atoms with Crippen LogP contribution >= 0.6 is 22.6 Å². The molecule has 0 aromatic heterocycles. The van der Waals surface area contributed by atoms with Crippen LogP contribution in [-0.4, -0.2) is 0 Å². The van der Waals surface area contributed by atoms with Gasteiger partial charge in [-0.1, -0.05) is 13.8 Å². The Kier molecular flexibility index (Phi) is 3.64. The maximum Gasteiger partial charge on any atom is 0.0407 e. The molecule has 4 N–H and O–H groups in total. The standard InChI is InChI=1S/C11H17IN2/c1-4-7-9(12)8(5-2)11(14)6(3)10(7)13/h4-5,13-14H2,1-3H3. The number of nitrogens with two attached hydrogens (primary N) is 2. The molecule has 0 aliphatic carbocycles. The minimum atomic E-state index is 0.867. The number of halogens is 1. The molecule has 0 spiro atoms. The fourth-order valence-corrected chi connectivity index (χ4v) is 3.05. The van der Waals surface area contributed by atoms with Crippen molar-refractivity contribution in [2.24, 2.45) is 0 Å². The maximum atomic E-state index is 6.03. The van der Waals surface area contributed by atoms with Crippen molar-refractivity contribution >= 4 is 34.0 Å². The molecule has 1 rings (SSSR count). The van der Waals surface area contributed by atoms with E-state index < -0.39 is 0 Å². The van der Waals surface area contributed by atoms with E-state index in [1.165, 1.54) is 14.7 Å². The lowest BCUT2D eigenvalue weighted by Gasteiger charge is -2.17. The van der Waals surface area contributed by atoms with Crippen molar-refractivity contribution in [2.75, 3.05) is 11.5 Å². The van der Waals surface area contributed by atoms with Gasteiger partial charge in [-0.2, -0.15) is 0 Å². The van der Waals surface area contributed by atoms with Crippen LogP contribution in [0.4, 0.5) is 11.4 Å². The first-order valence-corrected chi connectivity index (χ1v) is 5.97. The second kappa shape index (κ2) is 4.38. The highest BCUT2D eigenvalue weighted by Crippen LogP contribution is 2.33. The molecule has 0 aliphatic heterocycles. The molecule has 0 unspecified atom stereocenters. The summed E-state index contributed by atoms with van der Waals surface area (Å²) in [5.41, 5.74) is 17.3. The molecular formula is C11H17IN2. The van der Waals surface area contributed by atoms with Gasteiger partial charge in [-0.25, -0.2) is 0 Å². The molecule has 0 bridgehead atoms. The number of hydrogen-bond acceptors (Lipinski definition) is 2. The van der Waals surface area contributed by atoms with Crippen LogP contribution in [0, 0.1) is 10.5 Å². The first-order valence-electron chi connectivity index (χ1n) is 4.89. The van der Waals surface area contributed by atoms with Crippen LogP contribution in [0.1, 0.15) is 30.5 Å². The molecule has 14 heavy (non-hydrogen) atoms. The van der Waals surface area contributed by atoms with Gasteiger partial charge in [0.25, 0.3) is 0 Å². The average molecular weight is 304 g/mol. The molecule has 1 aromatic carbocycles.